The van der Waals surface area contributed by atoms with E-state index in [0.29, 0.717) is 25.5 Å². The summed E-state index contributed by atoms with van der Waals surface area (Å²) in [5.74, 6) is 0.00560. The summed E-state index contributed by atoms with van der Waals surface area (Å²) < 4.78 is 13.5. The number of carbonyl (C=O) groups excluding carboxylic acids is 1. The Bertz CT molecular complexity index is 410. The number of hydrogen-bond acceptors (Lipinski definition) is 3. The second kappa shape index (κ2) is 5.12. The Morgan fingerprint density at radius 3 is 3.24 bits per heavy atom. The fourth-order valence-corrected chi connectivity index (χ4v) is 2.10. The quantitative estimate of drug-likeness (QED) is 0.858. The summed E-state index contributed by atoms with van der Waals surface area (Å²) in [6, 6.07) is 2.96. The summed E-state index contributed by atoms with van der Waals surface area (Å²) in [5, 5.41) is 2.79. The second-order valence-corrected chi connectivity index (χ2v) is 4.14. The van der Waals surface area contributed by atoms with Crippen LogP contribution in [-0.4, -0.2) is 30.5 Å². The van der Waals surface area contributed by atoms with Crippen molar-refractivity contribution in [2.75, 3.05) is 24.5 Å². The molecule has 1 unspecified atom stereocenters. The smallest absolute Gasteiger partial charge is 0.224 e. The number of halogens is 1. The lowest BCUT2D eigenvalue weighted by Gasteiger charge is -2.17. The van der Waals surface area contributed by atoms with Crippen LogP contribution in [0.3, 0.4) is 0 Å². The molecule has 0 bridgehead atoms. The van der Waals surface area contributed by atoms with Crippen molar-refractivity contribution in [1.29, 1.82) is 0 Å². The van der Waals surface area contributed by atoms with Crippen LogP contribution in [0.1, 0.15) is 13.3 Å². The van der Waals surface area contributed by atoms with Gasteiger partial charge in [-0.15, -0.1) is 0 Å². The number of nitrogens with one attached hydrogen (secondary N) is 1. The molecule has 1 aliphatic heterocycles. The van der Waals surface area contributed by atoms with Crippen molar-refractivity contribution in [3.63, 3.8) is 0 Å². The minimum Gasteiger partial charge on any atom is -0.356 e. The predicted molar refractivity (Wildman–Crippen MR) is 63.2 cm³/mol. The molecule has 0 radical (unpaired) electrons. The molecule has 1 aromatic heterocycles. The van der Waals surface area contributed by atoms with E-state index in [0.717, 1.165) is 6.42 Å². The first-order valence-corrected chi connectivity index (χ1v) is 5.85. The molecule has 1 amide bonds. The van der Waals surface area contributed by atoms with Crippen LogP contribution in [0.15, 0.2) is 18.3 Å². The van der Waals surface area contributed by atoms with Crippen LogP contribution in [0.2, 0.25) is 0 Å². The van der Waals surface area contributed by atoms with Crippen LogP contribution in [-0.2, 0) is 4.79 Å². The van der Waals surface area contributed by atoms with E-state index in [4.69, 9.17) is 0 Å². The van der Waals surface area contributed by atoms with Gasteiger partial charge in [-0.25, -0.2) is 9.37 Å². The second-order valence-electron chi connectivity index (χ2n) is 4.14. The highest BCUT2D eigenvalue weighted by molar-refractivity contribution is 5.79. The van der Waals surface area contributed by atoms with Crippen molar-refractivity contribution >= 4 is 11.7 Å². The van der Waals surface area contributed by atoms with Crippen molar-refractivity contribution < 1.29 is 9.18 Å². The summed E-state index contributed by atoms with van der Waals surface area (Å²) in [7, 11) is 0. The van der Waals surface area contributed by atoms with Crippen LogP contribution in [0.5, 0.6) is 0 Å². The van der Waals surface area contributed by atoms with E-state index in [1.807, 2.05) is 11.8 Å². The molecule has 2 heterocycles. The van der Waals surface area contributed by atoms with Gasteiger partial charge in [-0.2, -0.15) is 0 Å². The average molecular weight is 237 g/mol. The summed E-state index contributed by atoms with van der Waals surface area (Å²) in [5.41, 5.74) is 0. The molecule has 0 aromatic carbocycles. The first kappa shape index (κ1) is 11.8. The highest BCUT2D eigenvalue weighted by Crippen LogP contribution is 2.24. The topological polar surface area (TPSA) is 45.2 Å². The Morgan fingerprint density at radius 2 is 2.53 bits per heavy atom. The maximum Gasteiger partial charge on any atom is 0.224 e. The molecule has 4 nitrogen and oxygen atoms in total. The number of hydrogen-bond donors (Lipinski definition) is 1. The highest BCUT2D eigenvalue weighted by Gasteiger charge is 2.29. The van der Waals surface area contributed by atoms with Crippen LogP contribution in [0.25, 0.3) is 0 Å². The summed E-state index contributed by atoms with van der Waals surface area (Å²) >= 11 is 0. The third kappa shape index (κ3) is 2.54. The minimum absolute atomic E-state index is 0.0475. The summed E-state index contributed by atoms with van der Waals surface area (Å²) in [6.45, 7) is 3.74. The number of aromatic nitrogens is 1. The van der Waals surface area contributed by atoms with Gasteiger partial charge in [0.25, 0.3) is 0 Å². The van der Waals surface area contributed by atoms with E-state index < -0.39 is 0 Å². The summed E-state index contributed by atoms with van der Waals surface area (Å²) in [6.07, 6.45) is 2.32. The van der Waals surface area contributed by atoms with Gasteiger partial charge < -0.3 is 10.2 Å². The Balaban J connectivity index is 2.03. The van der Waals surface area contributed by atoms with Crippen molar-refractivity contribution in [2.45, 2.75) is 13.3 Å². The molecule has 1 fully saturated rings. The fourth-order valence-electron chi connectivity index (χ4n) is 2.10. The van der Waals surface area contributed by atoms with Gasteiger partial charge in [-0.1, -0.05) is 0 Å². The van der Waals surface area contributed by atoms with Gasteiger partial charge in [-0.05, 0) is 25.5 Å². The lowest BCUT2D eigenvalue weighted by Crippen LogP contribution is -2.32. The number of nitrogens with zero attached hydrogens (tertiary/aromatic N) is 2. The Hall–Kier alpha value is -1.65. The molecule has 17 heavy (non-hydrogen) atoms. The number of pyridine rings is 1. The van der Waals surface area contributed by atoms with Gasteiger partial charge in [0, 0.05) is 25.8 Å². The zero-order valence-electron chi connectivity index (χ0n) is 9.82. The van der Waals surface area contributed by atoms with E-state index in [1.165, 1.54) is 6.07 Å². The molecule has 1 atom stereocenters. The van der Waals surface area contributed by atoms with Crippen molar-refractivity contribution in [2.24, 2.45) is 5.92 Å². The van der Waals surface area contributed by atoms with Gasteiger partial charge in [0.2, 0.25) is 5.91 Å². The largest absolute Gasteiger partial charge is 0.356 e. The minimum atomic E-state index is -0.330. The molecule has 0 saturated carbocycles. The fraction of sp³-hybridized carbons (Fsp3) is 0.500. The normalized spacial score (nSPS) is 19.4. The zero-order chi connectivity index (χ0) is 12.3. The molecule has 92 valence electrons. The predicted octanol–water partition coefficient (Wildman–Crippen LogP) is 1.18. The number of carbonyl (C=O) groups is 1. The van der Waals surface area contributed by atoms with E-state index in [2.05, 4.69) is 10.3 Å². The van der Waals surface area contributed by atoms with E-state index in [9.17, 15) is 9.18 Å². The van der Waals surface area contributed by atoms with Crippen molar-refractivity contribution in [3.05, 3.63) is 24.1 Å². The maximum atomic E-state index is 13.5. The van der Waals surface area contributed by atoms with Crippen molar-refractivity contribution in [1.82, 2.24) is 10.3 Å². The molecule has 2 rings (SSSR count). The molecule has 1 saturated heterocycles. The first-order valence-electron chi connectivity index (χ1n) is 5.85. The van der Waals surface area contributed by atoms with Gasteiger partial charge >= 0.3 is 0 Å². The number of anilines is 1. The van der Waals surface area contributed by atoms with Crippen molar-refractivity contribution in [3.8, 4) is 0 Å². The molecule has 0 aliphatic carbocycles. The van der Waals surface area contributed by atoms with E-state index in [1.54, 1.807) is 12.3 Å². The Kier molecular flexibility index (Phi) is 3.56. The first-order chi connectivity index (χ1) is 8.22. The molecule has 1 aliphatic rings. The van der Waals surface area contributed by atoms with Crippen LogP contribution < -0.4 is 10.2 Å². The van der Waals surface area contributed by atoms with Gasteiger partial charge in [0.05, 0.1) is 5.92 Å². The summed E-state index contributed by atoms with van der Waals surface area (Å²) in [4.78, 5) is 17.5. The van der Waals surface area contributed by atoms with E-state index in [-0.39, 0.29) is 17.6 Å². The monoisotopic (exact) mass is 237 g/mol. The lowest BCUT2D eigenvalue weighted by atomic mass is 10.1. The Morgan fingerprint density at radius 1 is 1.71 bits per heavy atom. The maximum absolute atomic E-state index is 13.5. The lowest BCUT2D eigenvalue weighted by molar-refractivity contribution is -0.124. The molecular formula is C12H16FN3O. The SMILES string of the molecule is CCNC(=O)C1CCN(c2ncccc2F)C1. The van der Waals surface area contributed by atoms with Gasteiger partial charge in [-0.3, -0.25) is 4.79 Å². The number of amides is 1. The van der Waals surface area contributed by atoms with E-state index >= 15 is 0 Å². The third-order valence-corrected chi connectivity index (χ3v) is 2.95. The van der Waals surface area contributed by atoms with Gasteiger partial charge in [0.15, 0.2) is 11.6 Å². The van der Waals surface area contributed by atoms with Crippen LogP contribution >= 0.6 is 0 Å². The standard InChI is InChI=1S/C12H16FN3O/c1-2-14-12(17)9-5-7-16(8-9)11-10(13)4-3-6-15-11/h3-4,6,9H,2,5,7-8H2,1H3,(H,14,17). The zero-order valence-corrected chi connectivity index (χ0v) is 9.82. The molecule has 0 spiro atoms. The molecule has 1 N–H and O–H groups in total. The van der Waals surface area contributed by atoms with Gasteiger partial charge in [0.1, 0.15) is 0 Å². The molecular weight excluding hydrogens is 221 g/mol. The third-order valence-electron chi connectivity index (χ3n) is 2.95. The Labute approximate surface area is 99.8 Å². The number of rotatable bonds is 3. The average Bonchev–Trinajstić information content (AvgIpc) is 2.79. The highest BCUT2D eigenvalue weighted by atomic mass is 19.1. The van der Waals surface area contributed by atoms with Crippen LogP contribution in [0, 0.1) is 11.7 Å². The molecule has 1 aromatic rings. The molecule has 5 heteroatoms. The van der Waals surface area contributed by atoms with Crippen LogP contribution in [0.4, 0.5) is 10.2 Å².